The van der Waals surface area contributed by atoms with E-state index in [1.54, 1.807) is 0 Å². The van der Waals surface area contributed by atoms with E-state index >= 15 is 0 Å². The van der Waals surface area contributed by atoms with Crippen molar-refractivity contribution >= 4 is 40.8 Å². The Hall–Kier alpha value is -2.22. The fraction of sp³-hybridized carbons (Fsp3) is 0.0526. The molecule has 0 fully saturated rings. The quantitative estimate of drug-likeness (QED) is 0.401. The first-order valence-electron chi connectivity index (χ1n) is 7.79. The highest BCUT2D eigenvalue weighted by Gasteiger charge is 2.32. The van der Waals surface area contributed by atoms with Gasteiger partial charge in [-0.25, -0.2) is 0 Å². The summed E-state index contributed by atoms with van der Waals surface area (Å²) < 4.78 is 45.1. The Morgan fingerprint density at radius 1 is 0.929 bits per heavy atom. The van der Waals surface area contributed by atoms with E-state index in [9.17, 15) is 18.3 Å². The second-order valence-electron chi connectivity index (χ2n) is 5.56. The second-order valence-corrected chi connectivity index (χ2v) is 7.25. The van der Waals surface area contributed by atoms with Gasteiger partial charge in [0.2, 0.25) is 0 Å². The molecule has 3 nitrogen and oxygen atoms in total. The SMILES string of the molecule is Oc1c(Cl)cc(Cl)cc1SNc1cc(-c2ccccc2)ccc1OC(F)(F)F. The summed E-state index contributed by atoms with van der Waals surface area (Å²) in [6, 6.07) is 16.2. The summed E-state index contributed by atoms with van der Waals surface area (Å²) >= 11 is 12.6. The molecule has 3 aromatic rings. The normalized spacial score (nSPS) is 11.3. The number of anilines is 1. The standard InChI is InChI=1S/C19H12Cl2F3NO2S/c20-13-9-14(21)18(26)17(10-13)28-25-15-8-12(11-4-2-1-3-5-11)6-7-16(15)27-19(22,23)24/h1-10,25-26H. The highest BCUT2D eigenvalue weighted by atomic mass is 35.5. The van der Waals surface area contributed by atoms with Crippen molar-refractivity contribution in [2.75, 3.05) is 4.72 Å². The number of ether oxygens (including phenoxy) is 1. The number of hydrogen-bond acceptors (Lipinski definition) is 4. The van der Waals surface area contributed by atoms with E-state index in [2.05, 4.69) is 9.46 Å². The van der Waals surface area contributed by atoms with Gasteiger partial charge < -0.3 is 14.6 Å². The van der Waals surface area contributed by atoms with Gasteiger partial charge in [0.15, 0.2) is 5.75 Å². The molecule has 28 heavy (non-hydrogen) atoms. The van der Waals surface area contributed by atoms with Gasteiger partial charge in [0.1, 0.15) is 5.75 Å². The molecule has 0 amide bonds. The Bertz CT molecular complexity index is 985. The first-order chi connectivity index (χ1) is 13.2. The molecule has 0 aliphatic heterocycles. The molecule has 0 spiro atoms. The third kappa shape index (κ3) is 5.19. The smallest absolute Gasteiger partial charge is 0.505 e. The van der Waals surface area contributed by atoms with Gasteiger partial charge in [-0.3, -0.25) is 0 Å². The van der Waals surface area contributed by atoms with Crippen molar-refractivity contribution in [2.45, 2.75) is 11.3 Å². The zero-order chi connectivity index (χ0) is 20.3. The van der Waals surface area contributed by atoms with E-state index in [4.69, 9.17) is 23.2 Å². The summed E-state index contributed by atoms with van der Waals surface area (Å²) in [6.45, 7) is 0. The molecule has 0 aliphatic carbocycles. The van der Waals surface area contributed by atoms with Gasteiger partial charge in [-0.15, -0.1) is 13.2 Å². The molecule has 0 unspecified atom stereocenters. The summed E-state index contributed by atoms with van der Waals surface area (Å²) in [7, 11) is 0. The molecule has 146 valence electrons. The first kappa shape index (κ1) is 20.5. The van der Waals surface area contributed by atoms with Gasteiger partial charge in [-0.1, -0.05) is 59.6 Å². The molecule has 3 rings (SSSR count). The van der Waals surface area contributed by atoms with Crippen LogP contribution in [0.2, 0.25) is 10.0 Å². The molecular weight excluding hydrogens is 434 g/mol. The summed E-state index contributed by atoms with van der Waals surface area (Å²) in [5.74, 6) is -0.645. The van der Waals surface area contributed by atoms with Crippen LogP contribution in [0, 0.1) is 0 Å². The van der Waals surface area contributed by atoms with Crippen LogP contribution >= 0.6 is 35.1 Å². The van der Waals surface area contributed by atoms with Gasteiger partial charge in [-0.2, -0.15) is 0 Å². The van der Waals surface area contributed by atoms with Crippen LogP contribution in [-0.4, -0.2) is 11.5 Å². The maximum Gasteiger partial charge on any atom is 0.573 e. The minimum absolute atomic E-state index is 0.0293. The van der Waals surface area contributed by atoms with E-state index in [-0.39, 0.29) is 26.4 Å². The molecule has 9 heteroatoms. The van der Waals surface area contributed by atoms with Crippen molar-refractivity contribution in [2.24, 2.45) is 0 Å². The Morgan fingerprint density at radius 3 is 2.32 bits per heavy atom. The van der Waals surface area contributed by atoms with Gasteiger partial charge in [0, 0.05) is 5.02 Å². The van der Waals surface area contributed by atoms with Crippen LogP contribution in [0.15, 0.2) is 65.6 Å². The van der Waals surface area contributed by atoms with Crippen molar-refractivity contribution in [3.63, 3.8) is 0 Å². The molecule has 0 saturated carbocycles. The number of phenols is 1. The van der Waals surface area contributed by atoms with Crippen LogP contribution in [0.25, 0.3) is 11.1 Å². The van der Waals surface area contributed by atoms with Crippen LogP contribution in [0.4, 0.5) is 18.9 Å². The lowest BCUT2D eigenvalue weighted by Crippen LogP contribution is -2.17. The Morgan fingerprint density at radius 2 is 1.64 bits per heavy atom. The highest BCUT2D eigenvalue weighted by Crippen LogP contribution is 2.41. The van der Waals surface area contributed by atoms with E-state index in [0.29, 0.717) is 5.56 Å². The Labute approximate surface area is 173 Å². The highest BCUT2D eigenvalue weighted by molar-refractivity contribution is 8.00. The predicted molar refractivity (Wildman–Crippen MR) is 106 cm³/mol. The van der Waals surface area contributed by atoms with Crippen molar-refractivity contribution in [1.82, 2.24) is 0 Å². The molecule has 0 aromatic heterocycles. The van der Waals surface area contributed by atoms with Gasteiger partial charge >= 0.3 is 6.36 Å². The number of hydrogen-bond donors (Lipinski definition) is 2. The first-order valence-corrected chi connectivity index (χ1v) is 9.36. The van der Waals surface area contributed by atoms with Crippen molar-refractivity contribution in [1.29, 1.82) is 0 Å². The lowest BCUT2D eigenvalue weighted by Gasteiger charge is -2.16. The van der Waals surface area contributed by atoms with Gasteiger partial charge in [0.25, 0.3) is 0 Å². The van der Waals surface area contributed by atoms with Gasteiger partial charge in [0.05, 0.1) is 15.6 Å². The van der Waals surface area contributed by atoms with Crippen LogP contribution in [0.3, 0.4) is 0 Å². The molecule has 2 N–H and O–H groups in total. The largest absolute Gasteiger partial charge is 0.573 e. The maximum atomic E-state index is 12.7. The fourth-order valence-corrected chi connectivity index (χ4v) is 3.75. The second kappa shape index (κ2) is 8.43. The summed E-state index contributed by atoms with van der Waals surface area (Å²) in [4.78, 5) is 0.251. The number of phenolic OH excluding ortho intramolecular Hbond substituents is 1. The molecule has 0 heterocycles. The minimum atomic E-state index is -4.85. The van der Waals surface area contributed by atoms with E-state index in [1.165, 1.54) is 30.3 Å². The van der Waals surface area contributed by atoms with Crippen molar-refractivity contribution < 1.29 is 23.0 Å². The third-order valence-corrected chi connectivity index (χ3v) is 4.94. The summed E-state index contributed by atoms with van der Waals surface area (Å²) in [6.07, 6.45) is -4.85. The number of alkyl halides is 3. The number of rotatable bonds is 5. The zero-order valence-corrected chi connectivity index (χ0v) is 16.3. The average molecular weight is 446 g/mol. The maximum absolute atomic E-state index is 12.7. The zero-order valence-electron chi connectivity index (χ0n) is 13.9. The number of nitrogens with one attached hydrogen (secondary N) is 1. The molecule has 0 atom stereocenters. The molecule has 0 radical (unpaired) electrons. The monoisotopic (exact) mass is 445 g/mol. The Balaban J connectivity index is 1.94. The third-order valence-electron chi connectivity index (χ3n) is 3.58. The van der Waals surface area contributed by atoms with Crippen LogP contribution < -0.4 is 9.46 Å². The average Bonchev–Trinajstić information content (AvgIpc) is 2.64. The van der Waals surface area contributed by atoms with Crippen molar-refractivity contribution in [3.8, 4) is 22.6 Å². The lowest BCUT2D eigenvalue weighted by molar-refractivity contribution is -0.274. The molecule has 3 aromatic carbocycles. The van der Waals surface area contributed by atoms with Crippen molar-refractivity contribution in [3.05, 3.63) is 70.7 Å². The van der Waals surface area contributed by atoms with Crippen LogP contribution in [0.5, 0.6) is 11.5 Å². The minimum Gasteiger partial charge on any atom is -0.505 e. The predicted octanol–water partition coefficient (Wildman–Crippen LogP) is 7.38. The number of benzene rings is 3. The van der Waals surface area contributed by atoms with E-state index < -0.39 is 12.1 Å². The number of aromatic hydroxyl groups is 1. The summed E-state index contributed by atoms with van der Waals surface area (Å²) in [5, 5.41) is 10.3. The molecule has 0 aliphatic rings. The lowest BCUT2D eigenvalue weighted by atomic mass is 10.1. The molecule has 0 saturated heterocycles. The number of halogens is 5. The van der Waals surface area contributed by atoms with Gasteiger partial charge in [-0.05, 0) is 47.3 Å². The van der Waals surface area contributed by atoms with E-state index in [0.717, 1.165) is 17.5 Å². The van der Waals surface area contributed by atoms with Crippen LogP contribution in [0.1, 0.15) is 0 Å². The topological polar surface area (TPSA) is 41.5 Å². The van der Waals surface area contributed by atoms with E-state index in [1.807, 2.05) is 30.3 Å². The van der Waals surface area contributed by atoms with Crippen LogP contribution in [-0.2, 0) is 0 Å². The summed E-state index contributed by atoms with van der Waals surface area (Å²) in [5.41, 5.74) is 1.58. The fourth-order valence-electron chi connectivity index (χ4n) is 2.36. The molecule has 0 bridgehead atoms. The molecular formula is C19H12Cl2F3NO2S. The Kier molecular flexibility index (Phi) is 6.17.